The number of esters is 1. The van der Waals surface area contributed by atoms with Crippen molar-refractivity contribution in [3.8, 4) is 23.0 Å². The Kier molecular flexibility index (Phi) is 9.05. The highest BCUT2D eigenvalue weighted by Gasteiger charge is 2.39. The summed E-state index contributed by atoms with van der Waals surface area (Å²) in [6, 6.07) is 11.7. The van der Waals surface area contributed by atoms with Gasteiger partial charge in [-0.25, -0.2) is 0 Å². The minimum atomic E-state index is -0.225. The first-order chi connectivity index (χ1) is 16.4. The number of benzene rings is 2. The van der Waals surface area contributed by atoms with Gasteiger partial charge in [-0.3, -0.25) is 4.79 Å². The zero-order chi connectivity index (χ0) is 24.7. The second kappa shape index (κ2) is 12.0. The van der Waals surface area contributed by atoms with Crippen molar-refractivity contribution in [2.24, 2.45) is 17.8 Å². The van der Waals surface area contributed by atoms with E-state index < -0.39 is 0 Å². The van der Waals surface area contributed by atoms with Crippen LogP contribution in [0.15, 0.2) is 36.4 Å². The molecule has 0 N–H and O–H groups in total. The molecule has 0 aliphatic carbocycles. The quantitative estimate of drug-likeness (QED) is 0.433. The molecule has 2 aromatic carbocycles. The molecule has 0 radical (unpaired) electrons. The summed E-state index contributed by atoms with van der Waals surface area (Å²) < 4.78 is 33.7. The van der Waals surface area contributed by atoms with E-state index in [1.54, 1.807) is 28.4 Å². The molecule has 0 unspecified atom stereocenters. The summed E-state index contributed by atoms with van der Waals surface area (Å²) in [5.74, 6) is 2.89. The molecule has 0 bridgehead atoms. The second-order valence-corrected chi connectivity index (χ2v) is 8.97. The molecule has 0 amide bonds. The lowest BCUT2D eigenvalue weighted by Crippen LogP contribution is -2.25. The summed E-state index contributed by atoms with van der Waals surface area (Å²) in [4.78, 5) is 12.3. The predicted octanol–water partition coefficient (Wildman–Crippen LogP) is 4.86. The van der Waals surface area contributed by atoms with Gasteiger partial charge in [0.05, 0.1) is 47.8 Å². The van der Waals surface area contributed by atoms with Gasteiger partial charge in [-0.05, 0) is 53.6 Å². The van der Waals surface area contributed by atoms with Crippen LogP contribution in [-0.2, 0) is 20.7 Å². The Morgan fingerprint density at radius 1 is 0.912 bits per heavy atom. The minimum Gasteiger partial charge on any atom is -0.493 e. The van der Waals surface area contributed by atoms with Crippen LogP contribution >= 0.6 is 0 Å². The molecular formula is C27H36O7. The molecule has 1 saturated heterocycles. The van der Waals surface area contributed by atoms with Crippen molar-refractivity contribution < 1.29 is 33.2 Å². The van der Waals surface area contributed by atoms with Gasteiger partial charge in [0.1, 0.15) is 0 Å². The van der Waals surface area contributed by atoms with E-state index in [9.17, 15) is 4.79 Å². The molecule has 1 aliphatic rings. The van der Waals surface area contributed by atoms with E-state index >= 15 is 0 Å². The number of methoxy groups -OCH3 is 4. The normalized spacial score (nSPS) is 19.7. The average molecular weight is 473 g/mol. The number of carbonyl (C=O) groups is 1. The lowest BCUT2D eigenvalue weighted by molar-refractivity contribution is -0.146. The number of hydrogen-bond donors (Lipinski definition) is 0. The summed E-state index contributed by atoms with van der Waals surface area (Å²) in [5.41, 5.74) is 2.08. The molecular weight excluding hydrogens is 436 g/mol. The lowest BCUT2D eigenvalue weighted by Gasteiger charge is -2.24. The van der Waals surface area contributed by atoms with Crippen LogP contribution in [0.4, 0.5) is 0 Å². The van der Waals surface area contributed by atoms with E-state index in [0.717, 1.165) is 17.5 Å². The summed E-state index contributed by atoms with van der Waals surface area (Å²) >= 11 is 0. The summed E-state index contributed by atoms with van der Waals surface area (Å²) in [5, 5.41) is 0. The molecule has 3 atom stereocenters. The van der Waals surface area contributed by atoms with E-state index in [1.165, 1.54) is 0 Å². The maximum absolute atomic E-state index is 12.3. The summed E-state index contributed by atoms with van der Waals surface area (Å²) in [6.45, 7) is 4.86. The van der Waals surface area contributed by atoms with Crippen LogP contribution in [0.5, 0.6) is 23.0 Å². The van der Waals surface area contributed by atoms with Crippen LogP contribution in [0, 0.1) is 17.8 Å². The smallest absolute Gasteiger partial charge is 0.306 e. The highest BCUT2D eigenvalue weighted by atomic mass is 16.5. The topological polar surface area (TPSA) is 72.5 Å². The van der Waals surface area contributed by atoms with Gasteiger partial charge in [-0.15, -0.1) is 0 Å². The fraction of sp³-hybridized carbons (Fsp3) is 0.519. The molecule has 2 aromatic rings. The minimum absolute atomic E-state index is 0.0118. The maximum Gasteiger partial charge on any atom is 0.306 e. The predicted molar refractivity (Wildman–Crippen MR) is 129 cm³/mol. The molecule has 0 aromatic heterocycles. The second-order valence-electron chi connectivity index (χ2n) is 8.97. The van der Waals surface area contributed by atoms with Gasteiger partial charge in [0.2, 0.25) is 0 Å². The van der Waals surface area contributed by atoms with Crippen LogP contribution in [0.2, 0.25) is 0 Å². The first kappa shape index (κ1) is 25.7. The maximum atomic E-state index is 12.3. The fourth-order valence-electron chi connectivity index (χ4n) is 4.42. The van der Waals surface area contributed by atoms with Gasteiger partial charge < -0.3 is 28.4 Å². The third-order valence-electron chi connectivity index (χ3n) is 6.18. The Balaban J connectivity index is 1.84. The van der Waals surface area contributed by atoms with Crippen LogP contribution in [0.25, 0.3) is 0 Å². The fourth-order valence-corrected chi connectivity index (χ4v) is 4.42. The van der Waals surface area contributed by atoms with Crippen LogP contribution in [0.1, 0.15) is 37.5 Å². The molecule has 7 heteroatoms. The van der Waals surface area contributed by atoms with Crippen molar-refractivity contribution in [3.05, 3.63) is 47.5 Å². The molecule has 1 aliphatic heterocycles. The zero-order valence-electron chi connectivity index (χ0n) is 21.0. The van der Waals surface area contributed by atoms with E-state index in [4.69, 9.17) is 28.4 Å². The Morgan fingerprint density at radius 3 is 2.15 bits per heavy atom. The monoisotopic (exact) mass is 472 g/mol. The Hall–Kier alpha value is -2.93. The molecule has 0 saturated carbocycles. The zero-order valence-corrected chi connectivity index (χ0v) is 21.0. The van der Waals surface area contributed by atoms with Gasteiger partial charge in [-0.2, -0.15) is 0 Å². The van der Waals surface area contributed by atoms with Crippen molar-refractivity contribution in [2.75, 3.05) is 41.7 Å². The Morgan fingerprint density at radius 2 is 1.53 bits per heavy atom. The van der Waals surface area contributed by atoms with Gasteiger partial charge in [0.25, 0.3) is 0 Å². The Bertz CT molecular complexity index is 956. The van der Waals surface area contributed by atoms with Gasteiger partial charge in [0.15, 0.2) is 23.0 Å². The molecule has 3 rings (SSSR count). The van der Waals surface area contributed by atoms with Gasteiger partial charge >= 0.3 is 5.97 Å². The number of hydrogen-bond acceptors (Lipinski definition) is 7. The van der Waals surface area contributed by atoms with Gasteiger partial charge in [0, 0.05) is 12.3 Å². The lowest BCUT2D eigenvalue weighted by atomic mass is 9.84. The highest BCUT2D eigenvalue weighted by molar-refractivity contribution is 5.69. The summed E-state index contributed by atoms with van der Waals surface area (Å²) in [6.07, 6.45) is 0.933. The van der Waals surface area contributed by atoms with Crippen molar-refractivity contribution in [1.29, 1.82) is 0 Å². The number of rotatable bonds is 11. The van der Waals surface area contributed by atoms with E-state index in [2.05, 4.69) is 0 Å². The van der Waals surface area contributed by atoms with Crippen LogP contribution in [0.3, 0.4) is 0 Å². The Labute approximate surface area is 202 Å². The largest absolute Gasteiger partial charge is 0.493 e. The third kappa shape index (κ3) is 6.14. The average Bonchev–Trinajstić information content (AvgIpc) is 3.23. The van der Waals surface area contributed by atoms with E-state index in [0.29, 0.717) is 42.6 Å². The SMILES string of the molecule is COc1ccc(C[C@H]2CO[C@H](c3ccc(OC)c(OC)c3)[C@H]2COC(=O)CC(C)C)cc1OC. The van der Waals surface area contributed by atoms with Crippen LogP contribution in [-0.4, -0.2) is 47.6 Å². The molecule has 0 spiro atoms. The first-order valence-electron chi connectivity index (χ1n) is 11.6. The van der Waals surface area contributed by atoms with Crippen LogP contribution < -0.4 is 18.9 Å². The standard InChI is InChI=1S/C27H36O7/c1-17(2)11-26(28)33-16-21-20(12-18-7-9-22(29-3)24(13-18)31-5)15-34-27(21)19-8-10-23(30-4)25(14-19)32-6/h7-10,13-14,17,20-21,27H,11-12,15-16H2,1-6H3/t20-,21-,27+/m0/s1. The molecule has 7 nitrogen and oxygen atoms in total. The molecule has 1 heterocycles. The summed E-state index contributed by atoms with van der Waals surface area (Å²) in [7, 11) is 6.48. The number of carbonyl (C=O) groups excluding carboxylic acids is 1. The van der Waals surface area contributed by atoms with Crippen molar-refractivity contribution >= 4 is 5.97 Å². The van der Waals surface area contributed by atoms with Crippen molar-refractivity contribution in [1.82, 2.24) is 0 Å². The molecule has 186 valence electrons. The highest BCUT2D eigenvalue weighted by Crippen LogP contribution is 2.43. The number of ether oxygens (including phenoxy) is 6. The van der Waals surface area contributed by atoms with Crippen molar-refractivity contribution in [3.63, 3.8) is 0 Å². The van der Waals surface area contributed by atoms with Gasteiger partial charge in [-0.1, -0.05) is 26.0 Å². The molecule has 1 fully saturated rings. The third-order valence-corrected chi connectivity index (χ3v) is 6.18. The van der Waals surface area contributed by atoms with Crippen molar-refractivity contribution in [2.45, 2.75) is 32.8 Å². The van der Waals surface area contributed by atoms with E-state index in [1.807, 2.05) is 50.2 Å². The molecule has 34 heavy (non-hydrogen) atoms. The van der Waals surface area contributed by atoms with E-state index in [-0.39, 0.29) is 29.8 Å². The first-order valence-corrected chi connectivity index (χ1v) is 11.6.